The average Bonchev–Trinajstić information content (AvgIpc) is 2.80. The summed E-state index contributed by atoms with van der Waals surface area (Å²) < 4.78 is 20.1. The molecule has 0 aliphatic carbocycles. The quantitative estimate of drug-likeness (QED) is 0.285. The van der Waals surface area contributed by atoms with E-state index in [0.717, 1.165) is 25.9 Å². The minimum Gasteiger partial charge on any atom is -0.750 e. The molecule has 1 amide bonds. The lowest BCUT2D eigenvalue weighted by Gasteiger charge is -2.08. The Bertz CT molecular complexity index is 263. The number of nitrogens with one attached hydrogen (secondary N) is 1. The van der Waals surface area contributed by atoms with Crippen LogP contribution in [0.15, 0.2) is 0 Å². The lowest BCUT2D eigenvalue weighted by atomic mass is 10.1. The second-order valence-corrected chi connectivity index (χ2v) is 5.21. The van der Waals surface area contributed by atoms with Gasteiger partial charge in [0, 0.05) is 6.42 Å². The van der Waals surface area contributed by atoms with Crippen molar-refractivity contribution in [3.8, 4) is 0 Å². The SMILES string of the molecule is CCCCCCCC[NH+]1CCCC1=O.O=S([O-])O[O-]. The van der Waals surface area contributed by atoms with E-state index >= 15 is 0 Å². The van der Waals surface area contributed by atoms with Crippen molar-refractivity contribution in [2.75, 3.05) is 13.1 Å². The van der Waals surface area contributed by atoms with Crippen LogP contribution in [0, 0.1) is 0 Å². The Morgan fingerprint density at radius 2 is 1.84 bits per heavy atom. The van der Waals surface area contributed by atoms with Gasteiger partial charge in [0.2, 0.25) is 0 Å². The number of unbranched alkanes of at least 4 members (excludes halogenated alkanes) is 5. The normalized spacial score (nSPS) is 19.9. The topological polar surface area (TPSA) is 93.9 Å². The third kappa shape index (κ3) is 11.2. The molecule has 1 aliphatic heterocycles. The Balaban J connectivity index is 0.000000555. The van der Waals surface area contributed by atoms with Gasteiger partial charge in [0.15, 0.2) is 0 Å². The molecule has 0 aromatic rings. The fourth-order valence-electron chi connectivity index (χ4n) is 2.16. The molecule has 1 saturated heterocycles. The number of quaternary nitrogens is 1. The van der Waals surface area contributed by atoms with E-state index in [2.05, 4.69) is 11.3 Å². The van der Waals surface area contributed by atoms with E-state index in [0.29, 0.717) is 5.91 Å². The molecule has 2 atom stereocenters. The minimum atomic E-state index is -2.88. The Morgan fingerprint density at radius 1 is 1.26 bits per heavy atom. The zero-order valence-corrected chi connectivity index (χ0v) is 12.3. The first-order valence-corrected chi connectivity index (χ1v) is 7.89. The van der Waals surface area contributed by atoms with Crippen LogP contribution in [-0.2, 0) is 20.5 Å². The highest BCUT2D eigenvalue weighted by atomic mass is 32.2. The lowest BCUT2D eigenvalue weighted by molar-refractivity contribution is -0.811. The highest BCUT2D eigenvalue weighted by Gasteiger charge is 2.24. The highest BCUT2D eigenvalue weighted by Crippen LogP contribution is 2.03. The molecule has 1 N–H and O–H groups in total. The Hall–Kier alpha value is -0.340. The summed E-state index contributed by atoms with van der Waals surface area (Å²) in [5, 5.41) is 8.52. The molecule has 0 spiro atoms. The van der Waals surface area contributed by atoms with E-state index in [-0.39, 0.29) is 0 Å². The van der Waals surface area contributed by atoms with Crippen LogP contribution in [0.5, 0.6) is 0 Å². The summed E-state index contributed by atoms with van der Waals surface area (Å²) in [6, 6.07) is 0. The van der Waals surface area contributed by atoms with Crippen LogP contribution in [0.3, 0.4) is 0 Å². The summed E-state index contributed by atoms with van der Waals surface area (Å²) in [4.78, 5) is 12.5. The molecule has 7 heteroatoms. The summed E-state index contributed by atoms with van der Waals surface area (Å²) in [7, 11) is 0. The molecule has 0 radical (unpaired) electrons. The maximum Gasteiger partial charge on any atom is 0.312 e. The molecule has 6 nitrogen and oxygen atoms in total. The highest BCUT2D eigenvalue weighted by molar-refractivity contribution is 7.73. The van der Waals surface area contributed by atoms with Gasteiger partial charge in [-0.05, 0) is 12.8 Å². The first-order valence-electron chi connectivity index (χ1n) is 6.89. The van der Waals surface area contributed by atoms with Crippen LogP contribution in [0.4, 0.5) is 0 Å². The van der Waals surface area contributed by atoms with Gasteiger partial charge in [-0.15, -0.1) is 0 Å². The molecular formula is C12H24NO5S-. The van der Waals surface area contributed by atoms with Gasteiger partial charge < -0.3 is 14.1 Å². The smallest absolute Gasteiger partial charge is 0.312 e. The Kier molecular flexibility index (Phi) is 12.5. The van der Waals surface area contributed by atoms with Gasteiger partial charge in [-0.3, -0.25) is 4.90 Å². The zero-order valence-electron chi connectivity index (χ0n) is 11.5. The van der Waals surface area contributed by atoms with Crippen LogP contribution in [0.25, 0.3) is 0 Å². The largest absolute Gasteiger partial charge is 0.750 e. The van der Waals surface area contributed by atoms with Crippen LogP contribution < -0.4 is 10.2 Å². The van der Waals surface area contributed by atoms with Gasteiger partial charge in [0.05, 0.1) is 30.9 Å². The summed E-state index contributed by atoms with van der Waals surface area (Å²) in [5.74, 6) is 0.457. The van der Waals surface area contributed by atoms with Gasteiger partial charge >= 0.3 is 5.91 Å². The molecule has 19 heavy (non-hydrogen) atoms. The van der Waals surface area contributed by atoms with Gasteiger partial charge in [-0.25, -0.2) is 9.00 Å². The van der Waals surface area contributed by atoms with Gasteiger partial charge in [-0.2, -0.15) is 0 Å². The van der Waals surface area contributed by atoms with Crippen molar-refractivity contribution in [3.05, 3.63) is 0 Å². The molecule has 1 aliphatic rings. The Morgan fingerprint density at radius 3 is 2.32 bits per heavy atom. The van der Waals surface area contributed by atoms with Crippen molar-refractivity contribution >= 4 is 17.3 Å². The van der Waals surface area contributed by atoms with E-state index < -0.39 is 11.4 Å². The Labute approximate surface area is 117 Å². The number of carbonyl (C=O) groups is 1. The van der Waals surface area contributed by atoms with Crippen molar-refractivity contribution in [2.45, 2.75) is 58.3 Å². The molecule has 2 unspecified atom stereocenters. The first kappa shape index (κ1) is 18.7. The number of rotatable bonds is 8. The molecule has 1 rings (SSSR count). The predicted molar refractivity (Wildman–Crippen MR) is 68.3 cm³/mol. The average molecular weight is 294 g/mol. The van der Waals surface area contributed by atoms with Crippen molar-refractivity contribution in [3.63, 3.8) is 0 Å². The predicted octanol–water partition coefficient (Wildman–Crippen LogP) is -0.375. The molecular weight excluding hydrogens is 270 g/mol. The van der Waals surface area contributed by atoms with E-state index in [1.54, 1.807) is 0 Å². The van der Waals surface area contributed by atoms with E-state index in [1.165, 1.54) is 43.4 Å². The minimum absolute atomic E-state index is 0.457. The molecule has 1 fully saturated rings. The fourth-order valence-corrected chi connectivity index (χ4v) is 2.16. The van der Waals surface area contributed by atoms with Gasteiger partial charge in [0.1, 0.15) is 0 Å². The van der Waals surface area contributed by atoms with Crippen molar-refractivity contribution < 1.29 is 28.0 Å². The summed E-state index contributed by atoms with van der Waals surface area (Å²) in [5.41, 5.74) is 0. The molecule has 0 aromatic heterocycles. The lowest BCUT2D eigenvalue weighted by Crippen LogP contribution is -3.12. The van der Waals surface area contributed by atoms with Crippen LogP contribution in [0.2, 0.25) is 0 Å². The van der Waals surface area contributed by atoms with Gasteiger partial charge in [0.25, 0.3) is 0 Å². The number of carbonyl (C=O) groups excluding carboxylic acids is 1. The summed E-state index contributed by atoms with van der Waals surface area (Å²) in [6.45, 7) is 4.42. The number of hydrogen-bond acceptors (Lipinski definition) is 5. The summed E-state index contributed by atoms with van der Waals surface area (Å²) >= 11 is -2.88. The number of likely N-dealkylation sites (tertiary alicyclic amines) is 1. The third-order valence-corrected chi connectivity index (χ3v) is 3.28. The molecule has 0 bridgehead atoms. The second-order valence-electron chi connectivity index (χ2n) is 4.67. The van der Waals surface area contributed by atoms with Crippen LogP contribution >= 0.6 is 0 Å². The molecule has 0 saturated carbocycles. The van der Waals surface area contributed by atoms with Crippen LogP contribution in [0.1, 0.15) is 58.3 Å². The maximum atomic E-state index is 11.3. The van der Waals surface area contributed by atoms with Gasteiger partial charge in [-0.1, -0.05) is 32.6 Å². The van der Waals surface area contributed by atoms with Crippen LogP contribution in [-0.4, -0.2) is 27.8 Å². The van der Waals surface area contributed by atoms with Crippen molar-refractivity contribution in [1.29, 1.82) is 0 Å². The first-order chi connectivity index (χ1) is 9.11. The molecule has 1 heterocycles. The van der Waals surface area contributed by atoms with E-state index in [1.807, 2.05) is 0 Å². The second kappa shape index (κ2) is 12.7. The zero-order chi connectivity index (χ0) is 14.5. The number of amides is 1. The van der Waals surface area contributed by atoms with E-state index in [9.17, 15) is 4.79 Å². The molecule has 0 aromatic carbocycles. The van der Waals surface area contributed by atoms with Crippen molar-refractivity contribution in [1.82, 2.24) is 0 Å². The van der Waals surface area contributed by atoms with Crippen molar-refractivity contribution in [2.24, 2.45) is 0 Å². The standard InChI is InChI=1S/C12H23NO.H2O4S/c1-2-3-4-5-6-7-10-13-11-8-9-12(13)14;1-4-5(2)3/h2-11H2,1H3;1H,(H,2,3)/p-1. The fraction of sp³-hybridized carbons (Fsp3) is 0.917. The van der Waals surface area contributed by atoms with E-state index in [4.69, 9.17) is 14.0 Å². The number of hydrogen-bond donors (Lipinski definition) is 1. The maximum absolute atomic E-state index is 11.3. The third-order valence-electron chi connectivity index (χ3n) is 3.16. The monoisotopic (exact) mass is 294 g/mol. The summed E-state index contributed by atoms with van der Waals surface area (Å²) in [6.07, 6.45) is 9.91. The molecule has 114 valence electrons.